The molecule has 0 amide bonds. The van der Waals surface area contributed by atoms with Crippen molar-refractivity contribution in [3.8, 4) is 0 Å². The Morgan fingerprint density at radius 3 is 2.39 bits per heavy atom. The van der Waals surface area contributed by atoms with Crippen molar-refractivity contribution in [1.29, 1.82) is 0 Å². The highest BCUT2D eigenvalue weighted by atomic mass is 18.6. The lowest BCUT2D eigenvalue weighted by molar-refractivity contribution is -0.417. The Hall–Kier alpha value is -0.650. The third kappa shape index (κ3) is 5.33. The molecule has 0 aromatic carbocycles. The van der Waals surface area contributed by atoms with E-state index in [1.165, 1.54) is 0 Å². The summed E-state index contributed by atoms with van der Waals surface area (Å²) in [5.41, 5.74) is -1.69. The van der Waals surface area contributed by atoms with Crippen LogP contribution < -0.4 is 0 Å². The SMILES string of the molecule is CC(C)(C)OC(=O)C(C)(C)O[18O]C1CCCCO1. The first-order chi connectivity index (χ1) is 8.21. The van der Waals surface area contributed by atoms with Gasteiger partial charge in [-0.2, -0.15) is 0 Å². The maximum absolute atomic E-state index is 11.9. The number of carbonyl (C=O) groups excluding carboxylic acids is 1. The van der Waals surface area contributed by atoms with Crippen LogP contribution in [0.4, 0.5) is 0 Å². The first-order valence-electron chi connectivity index (χ1n) is 6.40. The second kappa shape index (κ2) is 5.99. The van der Waals surface area contributed by atoms with E-state index in [1.54, 1.807) is 13.8 Å². The summed E-state index contributed by atoms with van der Waals surface area (Å²) in [4.78, 5) is 22.2. The number of hydrogen-bond donors (Lipinski definition) is 0. The molecule has 5 nitrogen and oxygen atoms in total. The topological polar surface area (TPSA) is 54.0 Å². The molecule has 1 fully saturated rings. The minimum Gasteiger partial charge on any atom is -0.458 e. The molecular weight excluding hydrogens is 238 g/mol. The van der Waals surface area contributed by atoms with Crippen LogP contribution in [0, 0.1) is 0 Å². The Bertz CT molecular complexity index is 274. The standard InChI is InChI=1S/C13H24O5/c1-12(2,3)16-11(14)13(4,5)18-17-10-8-6-7-9-15-10/h10H,6-9H2,1-5H3/i17+2. The van der Waals surface area contributed by atoms with Crippen LogP contribution in [0.1, 0.15) is 53.9 Å². The van der Waals surface area contributed by atoms with Gasteiger partial charge in [0.05, 0.1) is 0 Å². The van der Waals surface area contributed by atoms with Crippen LogP contribution in [0.25, 0.3) is 0 Å². The molecule has 1 aliphatic rings. The summed E-state index contributed by atoms with van der Waals surface area (Å²) in [6.45, 7) is 9.33. The summed E-state index contributed by atoms with van der Waals surface area (Å²) in [7, 11) is 0. The molecular formula is C13H24O5. The van der Waals surface area contributed by atoms with E-state index in [4.69, 9.17) is 19.2 Å². The maximum Gasteiger partial charge on any atom is 0.341 e. The fourth-order valence-electron chi connectivity index (χ4n) is 1.40. The highest BCUT2D eigenvalue weighted by Crippen LogP contribution is 2.21. The number of esters is 1. The monoisotopic (exact) mass is 262 g/mol. The lowest BCUT2D eigenvalue weighted by atomic mass is 10.1. The predicted octanol–water partition coefficient (Wildman–Crippen LogP) is 2.58. The molecule has 1 unspecified atom stereocenters. The van der Waals surface area contributed by atoms with E-state index in [-0.39, 0.29) is 6.29 Å². The van der Waals surface area contributed by atoms with Gasteiger partial charge >= 0.3 is 5.97 Å². The summed E-state index contributed by atoms with van der Waals surface area (Å²) in [5.74, 6) is -0.453. The Morgan fingerprint density at radius 2 is 1.89 bits per heavy atom. The molecule has 1 heterocycles. The molecule has 5 heteroatoms. The molecule has 0 bridgehead atoms. The number of hydrogen-bond acceptors (Lipinski definition) is 5. The fraction of sp³-hybridized carbons (Fsp3) is 0.923. The van der Waals surface area contributed by atoms with Crippen LogP contribution in [-0.2, 0) is 24.0 Å². The van der Waals surface area contributed by atoms with Crippen LogP contribution in [0.2, 0.25) is 0 Å². The highest BCUT2D eigenvalue weighted by Gasteiger charge is 2.36. The van der Waals surface area contributed by atoms with Gasteiger partial charge in [-0.05, 0) is 47.5 Å². The second-order valence-electron chi connectivity index (χ2n) is 5.99. The van der Waals surface area contributed by atoms with Crippen LogP contribution >= 0.6 is 0 Å². The fourth-order valence-corrected chi connectivity index (χ4v) is 1.40. The molecule has 0 aromatic rings. The quantitative estimate of drug-likeness (QED) is 0.337. The molecule has 1 atom stereocenters. The van der Waals surface area contributed by atoms with E-state index >= 15 is 0 Å². The van der Waals surface area contributed by atoms with Gasteiger partial charge in [0.1, 0.15) is 5.60 Å². The Labute approximate surface area is 109 Å². The van der Waals surface area contributed by atoms with Crippen molar-refractivity contribution in [3.05, 3.63) is 0 Å². The van der Waals surface area contributed by atoms with E-state index in [0.29, 0.717) is 6.61 Å². The third-order valence-electron chi connectivity index (χ3n) is 2.39. The van der Waals surface area contributed by atoms with Crippen LogP contribution in [0.5, 0.6) is 0 Å². The van der Waals surface area contributed by atoms with Crippen LogP contribution in [0.15, 0.2) is 0 Å². The number of ether oxygens (including phenoxy) is 2. The summed E-state index contributed by atoms with van der Waals surface area (Å²) in [6.07, 6.45) is 2.47. The smallest absolute Gasteiger partial charge is 0.341 e. The summed E-state index contributed by atoms with van der Waals surface area (Å²) in [5, 5.41) is 0. The number of carbonyl (C=O) groups is 1. The first kappa shape index (κ1) is 15.4. The summed E-state index contributed by atoms with van der Waals surface area (Å²) >= 11 is 0. The van der Waals surface area contributed by atoms with Gasteiger partial charge in [-0.15, -0.1) is 0 Å². The Balaban J connectivity index is 2.40. The minimum atomic E-state index is -1.14. The lowest BCUT2D eigenvalue weighted by Crippen LogP contribution is -2.42. The van der Waals surface area contributed by atoms with Gasteiger partial charge < -0.3 is 9.47 Å². The zero-order valence-electron chi connectivity index (χ0n) is 11.9. The molecule has 0 saturated carbocycles. The van der Waals surface area contributed by atoms with Crippen LogP contribution in [-0.4, -0.2) is 30.1 Å². The van der Waals surface area contributed by atoms with Gasteiger partial charge in [0.25, 0.3) is 0 Å². The molecule has 1 saturated heterocycles. The molecule has 0 N–H and O–H groups in total. The summed E-state index contributed by atoms with van der Waals surface area (Å²) in [6, 6.07) is 0. The molecule has 0 spiro atoms. The number of rotatable bonds is 4. The van der Waals surface area contributed by atoms with Gasteiger partial charge in [-0.25, -0.2) is 14.6 Å². The van der Waals surface area contributed by atoms with Gasteiger partial charge in [0, 0.05) is 13.0 Å². The van der Waals surface area contributed by atoms with Crippen LogP contribution in [0.3, 0.4) is 0 Å². The van der Waals surface area contributed by atoms with Crippen molar-refractivity contribution in [2.45, 2.75) is 71.4 Å². The van der Waals surface area contributed by atoms with Crippen molar-refractivity contribution in [2.75, 3.05) is 6.61 Å². The molecule has 0 aliphatic carbocycles. The van der Waals surface area contributed by atoms with Crippen molar-refractivity contribution in [3.63, 3.8) is 0 Å². The van der Waals surface area contributed by atoms with Crippen molar-refractivity contribution < 1.29 is 24.0 Å². The summed E-state index contributed by atoms with van der Waals surface area (Å²) < 4.78 is 10.6. The van der Waals surface area contributed by atoms with E-state index < -0.39 is 17.2 Å². The van der Waals surface area contributed by atoms with Gasteiger partial charge in [0.2, 0.25) is 0 Å². The van der Waals surface area contributed by atoms with Gasteiger partial charge in [-0.3, -0.25) is 0 Å². The van der Waals surface area contributed by atoms with Crippen molar-refractivity contribution >= 4 is 5.97 Å². The molecule has 0 aromatic heterocycles. The highest BCUT2D eigenvalue weighted by molar-refractivity contribution is 5.78. The third-order valence-corrected chi connectivity index (χ3v) is 2.39. The Kier molecular flexibility index (Phi) is 5.13. The molecule has 1 aliphatic heterocycles. The van der Waals surface area contributed by atoms with E-state index in [2.05, 4.69) is 0 Å². The first-order valence-corrected chi connectivity index (χ1v) is 6.40. The van der Waals surface area contributed by atoms with Crippen molar-refractivity contribution in [1.82, 2.24) is 0 Å². The molecule has 106 valence electrons. The molecule has 18 heavy (non-hydrogen) atoms. The second-order valence-corrected chi connectivity index (χ2v) is 5.99. The Morgan fingerprint density at radius 1 is 1.22 bits per heavy atom. The predicted molar refractivity (Wildman–Crippen MR) is 65.7 cm³/mol. The molecule has 0 radical (unpaired) electrons. The van der Waals surface area contributed by atoms with Crippen molar-refractivity contribution in [2.24, 2.45) is 0 Å². The largest absolute Gasteiger partial charge is 0.458 e. The molecule has 1 rings (SSSR count). The zero-order chi connectivity index (χ0) is 13.8. The minimum absolute atomic E-state index is 0.388. The van der Waals surface area contributed by atoms with Gasteiger partial charge in [-0.1, -0.05) is 0 Å². The zero-order valence-corrected chi connectivity index (χ0v) is 11.9. The van der Waals surface area contributed by atoms with E-state index in [9.17, 15) is 4.79 Å². The normalized spacial score (nSPS) is 21.7. The van der Waals surface area contributed by atoms with Gasteiger partial charge in [0.15, 0.2) is 11.9 Å². The lowest BCUT2D eigenvalue weighted by Gasteiger charge is -2.29. The average molecular weight is 262 g/mol. The maximum atomic E-state index is 11.9. The van der Waals surface area contributed by atoms with E-state index in [0.717, 1.165) is 19.3 Å². The van der Waals surface area contributed by atoms with E-state index in [1.807, 2.05) is 20.8 Å². The average Bonchev–Trinajstić information content (AvgIpc) is 2.26.